The minimum Gasteiger partial charge on any atom is -0.395 e. The van der Waals surface area contributed by atoms with Crippen molar-refractivity contribution in [3.05, 3.63) is 46.4 Å². The highest BCUT2D eigenvalue weighted by Crippen LogP contribution is 2.44. The number of benzene rings is 1. The number of hydrogen-bond acceptors (Lipinski definition) is 7. The van der Waals surface area contributed by atoms with Crippen molar-refractivity contribution in [3.8, 4) is 11.5 Å². The summed E-state index contributed by atoms with van der Waals surface area (Å²) in [6, 6.07) is 5.77. The number of rotatable bonds is 4. The first kappa shape index (κ1) is 20.8. The number of halogens is 2. The summed E-state index contributed by atoms with van der Waals surface area (Å²) in [5, 5.41) is 3.21. The number of ether oxygens (including phenoxy) is 2. The molecule has 2 N–H and O–H groups in total. The molecule has 5 rings (SSSR count). The molecule has 32 heavy (non-hydrogen) atoms. The first-order valence-corrected chi connectivity index (χ1v) is 11.0. The average molecular weight is 462 g/mol. The Morgan fingerprint density at radius 2 is 2.12 bits per heavy atom. The van der Waals surface area contributed by atoms with Gasteiger partial charge in [-0.2, -0.15) is 0 Å². The summed E-state index contributed by atoms with van der Waals surface area (Å²) in [5.41, 5.74) is 1.35. The Kier molecular flexibility index (Phi) is 5.09. The Hall–Kier alpha value is -3.05. The predicted molar refractivity (Wildman–Crippen MR) is 115 cm³/mol. The second-order valence-corrected chi connectivity index (χ2v) is 8.97. The standard InChI is InChI=1S/C21H20F2N4O4S/c1-11(27-6-2-3-13(10-27)12-4-5-18(28)24-9-12)19(29)26-20-25-14-7-15-16(8-17(14)32-20)31-21(22,23)30-15/h4-5,7-9,11,13H,2-3,6,10H2,1H3,(H,24,28)(H,25,26,29)/t11-,13?/m0/s1. The van der Waals surface area contributed by atoms with Crippen LogP contribution in [0.4, 0.5) is 13.9 Å². The summed E-state index contributed by atoms with van der Waals surface area (Å²) in [6.07, 6.45) is -0.00992. The van der Waals surface area contributed by atoms with Gasteiger partial charge in [0.2, 0.25) is 11.5 Å². The lowest BCUT2D eigenvalue weighted by Gasteiger charge is -2.36. The van der Waals surface area contributed by atoms with E-state index in [-0.39, 0.29) is 34.9 Å². The summed E-state index contributed by atoms with van der Waals surface area (Å²) in [5.74, 6) is -0.101. The van der Waals surface area contributed by atoms with Crippen LogP contribution in [0.5, 0.6) is 11.5 Å². The molecule has 1 saturated heterocycles. The van der Waals surface area contributed by atoms with Crippen molar-refractivity contribution in [1.82, 2.24) is 14.9 Å². The van der Waals surface area contributed by atoms with Crippen LogP contribution in [0.15, 0.2) is 35.3 Å². The van der Waals surface area contributed by atoms with Gasteiger partial charge in [0, 0.05) is 30.9 Å². The highest BCUT2D eigenvalue weighted by atomic mass is 32.1. The van der Waals surface area contributed by atoms with Gasteiger partial charge in [0.15, 0.2) is 16.6 Å². The number of amides is 1. The predicted octanol–water partition coefficient (Wildman–Crippen LogP) is 3.51. The summed E-state index contributed by atoms with van der Waals surface area (Å²) < 4.78 is 36.0. The molecule has 3 aromatic rings. The van der Waals surface area contributed by atoms with Crippen molar-refractivity contribution in [2.24, 2.45) is 0 Å². The number of likely N-dealkylation sites (tertiary alicyclic amines) is 1. The first-order valence-electron chi connectivity index (χ1n) is 10.2. The zero-order valence-corrected chi connectivity index (χ0v) is 17.9. The molecule has 2 aliphatic rings. The molecule has 0 aliphatic carbocycles. The molecule has 8 nitrogen and oxygen atoms in total. The van der Waals surface area contributed by atoms with Crippen molar-refractivity contribution in [2.75, 3.05) is 18.4 Å². The van der Waals surface area contributed by atoms with E-state index >= 15 is 0 Å². The molecule has 4 heterocycles. The average Bonchev–Trinajstić information content (AvgIpc) is 3.28. The fraction of sp³-hybridized carbons (Fsp3) is 0.381. The summed E-state index contributed by atoms with van der Waals surface area (Å²) in [6.45, 7) is 3.34. The van der Waals surface area contributed by atoms with Gasteiger partial charge in [-0.05, 0) is 37.8 Å². The molecule has 11 heteroatoms. The summed E-state index contributed by atoms with van der Waals surface area (Å²) in [4.78, 5) is 33.4. The van der Waals surface area contributed by atoms with Crippen LogP contribution < -0.4 is 20.3 Å². The number of aromatic amines is 1. The quantitative estimate of drug-likeness (QED) is 0.616. The maximum atomic E-state index is 13.2. The number of pyridine rings is 1. The van der Waals surface area contributed by atoms with E-state index < -0.39 is 6.29 Å². The molecule has 0 radical (unpaired) electrons. The number of alkyl halides is 2. The van der Waals surface area contributed by atoms with Crippen molar-refractivity contribution < 1.29 is 23.0 Å². The molecule has 0 spiro atoms. The van der Waals surface area contributed by atoms with Crippen LogP contribution in [0, 0.1) is 0 Å². The first-order chi connectivity index (χ1) is 15.3. The zero-order valence-electron chi connectivity index (χ0n) is 17.1. The van der Waals surface area contributed by atoms with Gasteiger partial charge >= 0.3 is 6.29 Å². The van der Waals surface area contributed by atoms with Gasteiger partial charge in [0.05, 0.1) is 16.3 Å². The van der Waals surface area contributed by atoms with E-state index in [0.717, 1.165) is 24.9 Å². The minimum absolute atomic E-state index is 0.0565. The second kappa shape index (κ2) is 7.82. The third kappa shape index (κ3) is 4.05. The highest BCUT2D eigenvalue weighted by molar-refractivity contribution is 7.22. The largest absolute Gasteiger partial charge is 0.586 e. The normalized spacial score (nSPS) is 20.9. The Labute approximate surface area is 185 Å². The van der Waals surface area contributed by atoms with E-state index in [1.165, 1.54) is 29.5 Å². The van der Waals surface area contributed by atoms with E-state index in [1.807, 2.05) is 13.0 Å². The van der Waals surface area contributed by atoms with Crippen LogP contribution in [-0.4, -0.2) is 46.2 Å². The van der Waals surface area contributed by atoms with Gasteiger partial charge in [-0.15, -0.1) is 8.78 Å². The number of anilines is 1. The molecular formula is C21H20F2N4O4S. The third-order valence-electron chi connectivity index (χ3n) is 5.80. The number of aromatic nitrogens is 2. The number of fused-ring (bicyclic) bond motifs is 2. The number of piperidine rings is 1. The van der Waals surface area contributed by atoms with E-state index in [2.05, 4.69) is 29.7 Å². The van der Waals surface area contributed by atoms with E-state index in [1.54, 1.807) is 6.20 Å². The van der Waals surface area contributed by atoms with Gasteiger partial charge in [-0.3, -0.25) is 14.5 Å². The number of nitrogens with one attached hydrogen (secondary N) is 2. The summed E-state index contributed by atoms with van der Waals surface area (Å²) in [7, 11) is 0. The number of hydrogen-bond donors (Lipinski definition) is 2. The molecule has 1 fully saturated rings. The van der Waals surface area contributed by atoms with Crippen molar-refractivity contribution in [2.45, 2.75) is 38.0 Å². The van der Waals surface area contributed by atoms with Gasteiger partial charge in [-0.1, -0.05) is 17.4 Å². The molecule has 2 atom stereocenters. The van der Waals surface area contributed by atoms with Crippen molar-refractivity contribution in [3.63, 3.8) is 0 Å². The summed E-state index contributed by atoms with van der Waals surface area (Å²) >= 11 is 1.18. The van der Waals surface area contributed by atoms with E-state index in [4.69, 9.17) is 0 Å². The Balaban J connectivity index is 1.27. The third-order valence-corrected chi connectivity index (χ3v) is 6.73. The van der Waals surface area contributed by atoms with E-state index in [0.29, 0.717) is 21.9 Å². The number of H-pyrrole nitrogens is 1. The van der Waals surface area contributed by atoms with Gasteiger partial charge in [0.1, 0.15) is 0 Å². The Bertz CT molecular complexity index is 1180. The lowest BCUT2D eigenvalue weighted by molar-refractivity contribution is -0.286. The lowest BCUT2D eigenvalue weighted by Crippen LogP contribution is -2.46. The van der Waals surface area contributed by atoms with Crippen LogP contribution in [0.1, 0.15) is 31.2 Å². The molecule has 1 aromatic carbocycles. The van der Waals surface area contributed by atoms with Gasteiger partial charge in [0.25, 0.3) is 0 Å². The fourth-order valence-electron chi connectivity index (χ4n) is 4.11. The molecule has 0 bridgehead atoms. The number of nitrogens with zero attached hydrogens (tertiary/aromatic N) is 2. The van der Waals surface area contributed by atoms with Gasteiger partial charge in [-0.25, -0.2) is 4.98 Å². The SMILES string of the molecule is C[C@@H](C(=O)Nc1nc2cc3c(cc2s1)OC(F)(F)O3)N1CCCC(c2ccc(=O)[nH]c2)C1. The van der Waals surface area contributed by atoms with Crippen LogP contribution in [0.2, 0.25) is 0 Å². The van der Waals surface area contributed by atoms with Crippen LogP contribution in [0.3, 0.4) is 0 Å². The van der Waals surface area contributed by atoms with Crippen molar-refractivity contribution in [1.29, 1.82) is 0 Å². The smallest absolute Gasteiger partial charge is 0.395 e. The molecule has 2 aliphatic heterocycles. The maximum Gasteiger partial charge on any atom is 0.586 e. The monoisotopic (exact) mass is 462 g/mol. The molecule has 1 unspecified atom stereocenters. The molecule has 168 valence electrons. The highest BCUT2D eigenvalue weighted by Gasteiger charge is 2.43. The van der Waals surface area contributed by atoms with Crippen LogP contribution >= 0.6 is 11.3 Å². The molecule has 2 aromatic heterocycles. The topological polar surface area (TPSA) is 96.6 Å². The number of thiazole rings is 1. The lowest BCUT2D eigenvalue weighted by atomic mass is 9.91. The van der Waals surface area contributed by atoms with Gasteiger partial charge < -0.3 is 19.8 Å². The van der Waals surface area contributed by atoms with Crippen LogP contribution in [0.25, 0.3) is 10.2 Å². The molecular weight excluding hydrogens is 442 g/mol. The molecule has 1 amide bonds. The number of carbonyl (C=O) groups is 1. The Morgan fingerprint density at radius 3 is 2.88 bits per heavy atom. The van der Waals surface area contributed by atoms with Crippen molar-refractivity contribution >= 4 is 32.6 Å². The minimum atomic E-state index is -3.68. The van der Waals surface area contributed by atoms with Crippen LogP contribution in [-0.2, 0) is 4.79 Å². The fourth-order valence-corrected chi connectivity index (χ4v) is 4.99. The maximum absolute atomic E-state index is 13.2. The Morgan fingerprint density at radius 1 is 1.34 bits per heavy atom. The second-order valence-electron chi connectivity index (χ2n) is 7.94. The zero-order chi connectivity index (χ0) is 22.5. The van der Waals surface area contributed by atoms with E-state index in [9.17, 15) is 18.4 Å². The number of carbonyl (C=O) groups excluding carboxylic acids is 1. The molecule has 0 saturated carbocycles.